The third kappa shape index (κ3) is 3.65. The molecule has 0 fully saturated rings. The summed E-state index contributed by atoms with van der Waals surface area (Å²) in [5.41, 5.74) is 1.48. The lowest BCUT2D eigenvalue weighted by Gasteiger charge is -2.10. The molecule has 0 aliphatic carbocycles. The third-order valence-electron chi connectivity index (χ3n) is 4.67. The Labute approximate surface area is 174 Å². The van der Waals surface area contributed by atoms with Gasteiger partial charge in [-0.25, -0.2) is 8.78 Å². The van der Waals surface area contributed by atoms with Gasteiger partial charge in [-0.05, 0) is 79.3 Å². The number of rotatable bonds is 3. The number of benzene rings is 3. The van der Waals surface area contributed by atoms with E-state index in [2.05, 4.69) is 10.3 Å². The number of H-pyrrole nitrogens is 1. The molecule has 0 atom stereocenters. The second kappa shape index (κ2) is 7.64. The van der Waals surface area contributed by atoms with Crippen molar-refractivity contribution in [3.05, 3.63) is 98.5 Å². The van der Waals surface area contributed by atoms with Crippen LogP contribution >= 0.6 is 12.2 Å². The molecule has 150 valence electrons. The molecule has 1 heterocycles. The number of halogens is 2. The fraction of sp³-hybridized carbons (Fsp3) is 0.0455. The van der Waals surface area contributed by atoms with Gasteiger partial charge >= 0.3 is 0 Å². The first-order chi connectivity index (χ1) is 14.3. The fourth-order valence-electron chi connectivity index (χ4n) is 3.06. The van der Waals surface area contributed by atoms with Crippen LogP contribution in [0, 0.1) is 23.3 Å². The van der Waals surface area contributed by atoms with Gasteiger partial charge in [-0.1, -0.05) is 6.07 Å². The number of hydrogen-bond donors (Lipinski definition) is 2. The van der Waals surface area contributed by atoms with E-state index in [1.807, 2.05) is 0 Å². The number of anilines is 1. The Morgan fingerprint density at radius 1 is 1.03 bits per heavy atom. The lowest BCUT2D eigenvalue weighted by Crippen LogP contribution is -2.21. The second-order valence-electron chi connectivity index (χ2n) is 6.73. The number of hydrogen-bond acceptors (Lipinski definition) is 3. The van der Waals surface area contributed by atoms with Gasteiger partial charge in [0.15, 0.2) is 4.77 Å². The summed E-state index contributed by atoms with van der Waals surface area (Å²) in [7, 11) is 0. The lowest BCUT2D eigenvalue weighted by molar-refractivity contribution is 0.102. The van der Waals surface area contributed by atoms with Crippen LogP contribution in [0.3, 0.4) is 0 Å². The van der Waals surface area contributed by atoms with Crippen molar-refractivity contribution in [1.29, 1.82) is 0 Å². The average Bonchev–Trinajstić information content (AvgIpc) is 2.71. The zero-order valence-corrected chi connectivity index (χ0v) is 16.5. The lowest BCUT2D eigenvalue weighted by atomic mass is 10.1. The Kier molecular flexibility index (Phi) is 5.01. The van der Waals surface area contributed by atoms with Crippen LogP contribution < -0.4 is 10.9 Å². The zero-order valence-electron chi connectivity index (χ0n) is 15.7. The maximum atomic E-state index is 13.7. The predicted octanol–water partition coefficient (Wildman–Crippen LogP) is 4.89. The zero-order chi connectivity index (χ0) is 21.4. The van der Waals surface area contributed by atoms with Crippen LogP contribution in [0.2, 0.25) is 0 Å². The Hall–Kier alpha value is -3.65. The van der Waals surface area contributed by atoms with Crippen LogP contribution in [-0.2, 0) is 0 Å². The molecule has 8 heteroatoms. The van der Waals surface area contributed by atoms with Crippen molar-refractivity contribution in [1.82, 2.24) is 9.55 Å². The van der Waals surface area contributed by atoms with Gasteiger partial charge in [0.2, 0.25) is 0 Å². The van der Waals surface area contributed by atoms with E-state index >= 15 is 0 Å². The Bertz CT molecular complexity index is 1410. The molecule has 1 amide bonds. The van der Waals surface area contributed by atoms with Crippen molar-refractivity contribution in [2.24, 2.45) is 0 Å². The van der Waals surface area contributed by atoms with Crippen LogP contribution in [0.15, 0.2) is 65.5 Å². The van der Waals surface area contributed by atoms with Crippen molar-refractivity contribution in [2.75, 3.05) is 5.32 Å². The molecule has 30 heavy (non-hydrogen) atoms. The van der Waals surface area contributed by atoms with Gasteiger partial charge in [0.05, 0.1) is 16.6 Å². The molecular weight excluding hydrogens is 408 g/mol. The molecule has 0 saturated heterocycles. The SMILES string of the molecule is Cc1ccc(NC(=O)c2ccc3c(=O)n(-c4ccc(F)cc4)c(=S)[nH]c3c2)cc1F. The van der Waals surface area contributed by atoms with Gasteiger partial charge in [-0.15, -0.1) is 0 Å². The molecule has 0 spiro atoms. The minimum absolute atomic E-state index is 0.109. The molecule has 0 radical (unpaired) electrons. The molecule has 0 unspecified atom stereocenters. The summed E-state index contributed by atoms with van der Waals surface area (Å²) in [5, 5.41) is 2.94. The highest BCUT2D eigenvalue weighted by atomic mass is 32.1. The monoisotopic (exact) mass is 423 g/mol. The predicted molar refractivity (Wildman–Crippen MR) is 114 cm³/mol. The quantitative estimate of drug-likeness (QED) is 0.461. The Balaban J connectivity index is 1.72. The minimum atomic E-state index is -0.456. The van der Waals surface area contributed by atoms with Crippen LogP contribution in [0.1, 0.15) is 15.9 Å². The normalized spacial score (nSPS) is 10.9. The Morgan fingerprint density at radius 2 is 1.77 bits per heavy atom. The van der Waals surface area contributed by atoms with Crippen LogP contribution in [0.4, 0.5) is 14.5 Å². The van der Waals surface area contributed by atoms with Crippen molar-refractivity contribution < 1.29 is 13.6 Å². The van der Waals surface area contributed by atoms with E-state index in [0.29, 0.717) is 27.8 Å². The average molecular weight is 423 g/mol. The van der Waals surface area contributed by atoms with Gasteiger partial charge < -0.3 is 10.3 Å². The summed E-state index contributed by atoms with van der Waals surface area (Å²) >= 11 is 5.29. The maximum Gasteiger partial charge on any atom is 0.266 e. The Morgan fingerprint density at radius 3 is 2.47 bits per heavy atom. The van der Waals surface area contributed by atoms with Crippen LogP contribution in [0.5, 0.6) is 0 Å². The molecule has 4 aromatic rings. The van der Waals surface area contributed by atoms with Crippen molar-refractivity contribution in [2.45, 2.75) is 6.92 Å². The van der Waals surface area contributed by atoms with E-state index in [9.17, 15) is 18.4 Å². The molecule has 0 aliphatic heterocycles. The summed E-state index contributed by atoms with van der Waals surface area (Å²) in [6.07, 6.45) is 0. The van der Waals surface area contributed by atoms with Crippen molar-refractivity contribution >= 4 is 34.7 Å². The molecule has 4 rings (SSSR count). The summed E-state index contributed by atoms with van der Waals surface area (Å²) in [4.78, 5) is 28.4. The topological polar surface area (TPSA) is 66.9 Å². The second-order valence-corrected chi connectivity index (χ2v) is 7.11. The highest BCUT2D eigenvalue weighted by molar-refractivity contribution is 7.71. The number of amides is 1. The third-order valence-corrected chi connectivity index (χ3v) is 4.96. The maximum absolute atomic E-state index is 13.7. The number of nitrogens with one attached hydrogen (secondary N) is 2. The molecule has 0 aliphatic rings. The highest BCUT2D eigenvalue weighted by Gasteiger charge is 2.12. The summed E-state index contributed by atoms with van der Waals surface area (Å²) in [6, 6.07) is 14.3. The van der Waals surface area contributed by atoms with E-state index in [0.717, 1.165) is 0 Å². The number of carbonyl (C=O) groups excluding carboxylic acids is 1. The standard InChI is InChI=1S/C22H15F2N3O2S/c1-12-2-6-15(11-18(12)24)25-20(28)13-3-9-17-19(10-13)26-22(30)27(21(17)29)16-7-4-14(23)5-8-16/h2-11H,1H3,(H,25,28)(H,26,30). The molecule has 1 aromatic heterocycles. The van der Waals surface area contributed by atoms with Gasteiger partial charge in [-0.2, -0.15) is 0 Å². The van der Waals surface area contributed by atoms with Crippen LogP contribution in [-0.4, -0.2) is 15.5 Å². The number of aryl methyl sites for hydroxylation is 1. The number of nitrogens with zero attached hydrogens (tertiary/aromatic N) is 1. The van der Waals surface area contributed by atoms with E-state index in [4.69, 9.17) is 12.2 Å². The smallest absolute Gasteiger partial charge is 0.266 e. The molecular formula is C22H15F2N3O2S. The summed E-state index contributed by atoms with van der Waals surface area (Å²) < 4.78 is 28.3. The molecule has 0 saturated carbocycles. The van der Waals surface area contributed by atoms with Crippen molar-refractivity contribution in [3.8, 4) is 5.69 Å². The van der Waals surface area contributed by atoms with Gasteiger partial charge in [-0.3, -0.25) is 14.2 Å². The van der Waals surface area contributed by atoms with Gasteiger partial charge in [0, 0.05) is 11.3 Å². The largest absolute Gasteiger partial charge is 0.331 e. The molecule has 0 bridgehead atoms. The van der Waals surface area contributed by atoms with Crippen LogP contribution in [0.25, 0.3) is 16.6 Å². The first-order valence-corrected chi connectivity index (χ1v) is 9.37. The minimum Gasteiger partial charge on any atom is -0.331 e. The van der Waals surface area contributed by atoms with E-state index < -0.39 is 23.1 Å². The molecule has 2 N–H and O–H groups in total. The molecule has 3 aromatic carbocycles. The number of aromatic amines is 1. The number of fused-ring (bicyclic) bond motifs is 1. The first kappa shape index (κ1) is 19.7. The van der Waals surface area contributed by atoms with E-state index in [-0.39, 0.29) is 10.3 Å². The van der Waals surface area contributed by atoms with Gasteiger partial charge in [0.1, 0.15) is 11.6 Å². The van der Waals surface area contributed by atoms with Crippen molar-refractivity contribution in [3.63, 3.8) is 0 Å². The summed E-state index contributed by atoms with van der Waals surface area (Å²) in [6.45, 7) is 1.63. The summed E-state index contributed by atoms with van der Waals surface area (Å²) in [5.74, 6) is -1.30. The number of aromatic nitrogens is 2. The number of carbonyl (C=O) groups is 1. The fourth-order valence-corrected chi connectivity index (χ4v) is 3.36. The first-order valence-electron chi connectivity index (χ1n) is 8.96. The van der Waals surface area contributed by atoms with E-state index in [1.54, 1.807) is 19.1 Å². The van der Waals surface area contributed by atoms with Gasteiger partial charge in [0.25, 0.3) is 11.5 Å². The highest BCUT2D eigenvalue weighted by Crippen LogP contribution is 2.17. The molecule has 5 nitrogen and oxygen atoms in total. The van der Waals surface area contributed by atoms with E-state index in [1.165, 1.54) is 53.1 Å².